The van der Waals surface area contributed by atoms with Crippen molar-refractivity contribution in [2.24, 2.45) is 0 Å². The maximum atomic E-state index is 13.1. The highest BCUT2D eigenvalue weighted by molar-refractivity contribution is 7.92. The van der Waals surface area contributed by atoms with Crippen molar-refractivity contribution in [3.8, 4) is 0 Å². The van der Waals surface area contributed by atoms with Crippen molar-refractivity contribution in [3.63, 3.8) is 0 Å². The van der Waals surface area contributed by atoms with Gasteiger partial charge in [0.15, 0.2) is 0 Å². The number of carbonyl (C=O) groups excluding carboxylic acids is 1. The number of hydrogen-bond donors (Lipinski definition) is 0. The van der Waals surface area contributed by atoms with Gasteiger partial charge in [0.05, 0.1) is 29.7 Å². The Balaban J connectivity index is 1.93. The Bertz CT molecular complexity index is 1180. The molecule has 3 aromatic rings. The number of anilines is 1. The first kappa shape index (κ1) is 21.9. The van der Waals surface area contributed by atoms with Gasteiger partial charge in [0.25, 0.3) is 5.91 Å². The van der Waals surface area contributed by atoms with Crippen molar-refractivity contribution in [3.05, 3.63) is 71.4 Å². The number of pyridine rings is 1. The molecule has 0 aliphatic rings. The number of benzene rings is 2. The van der Waals surface area contributed by atoms with Gasteiger partial charge in [0.2, 0.25) is 10.0 Å². The van der Waals surface area contributed by atoms with Crippen LogP contribution in [0.1, 0.15) is 42.4 Å². The monoisotopic (exact) mass is 426 g/mol. The molecule has 2 aromatic carbocycles. The summed E-state index contributed by atoms with van der Waals surface area (Å²) in [6.45, 7) is 8.19. The summed E-state index contributed by atoms with van der Waals surface area (Å²) in [6.07, 6.45) is 1.02. The number of aryl methyl sites for hydroxylation is 1. The van der Waals surface area contributed by atoms with E-state index in [4.69, 9.17) is 4.74 Å². The van der Waals surface area contributed by atoms with Gasteiger partial charge in [-0.25, -0.2) is 12.7 Å². The molecule has 1 heterocycles. The Labute approximate surface area is 177 Å². The van der Waals surface area contributed by atoms with Crippen molar-refractivity contribution >= 4 is 32.5 Å². The first-order valence-corrected chi connectivity index (χ1v) is 11.4. The van der Waals surface area contributed by atoms with Gasteiger partial charge in [-0.3, -0.25) is 9.78 Å². The van der Waals surface area contributed by atoms with Gasteiger partial charge in [0, 0.05) is 16.6 Å². The molecule has 30 heavy (non-hydrogen) atoms. The second-order valence-corrected chi connectivity index (χ2v) is 10.1. The second-order valence-electron chi connectivity index (χ2n) is 8.26. The SMILES string of the molecule is Cc1ccc2cc(N(C(=O)c3ccc(COC(C)(C)C)cc3)S(C)(=O)=O)ccc2n1. The van der Waals surface area contributed by atoms with Crippen molar-refractivity contribution < 1.29 is 17.9 Å². The Hall–Kier alpha value is -2.77. The molecule has 0 bridgehead atoms. The third-order valence-corrected chi connectivity index (χ3v) is 5.48. The molecule has 3 rings (SSSR count). The Morgan fingerprint density at radius 1 is 1.03 bits per heavy atom. The molecule has 6 nitrogen and oxygen atoms in total. The molecule has 0 fully saturated rings. The van der Waals surface area contributed by atoms with Crippen molar-refractivity contribution in [2.45, 2.75) is 39.9 Å². The largest absolute Gasteiger partial charge is 0.371 e. The average molecular weight is 427 g/mol. The summed E-state index contributed by atoms with van der Waals surface area (Å²) in [5.74, 6) is -0.611. The molecule has 158 valence electrons. The fourth-order valence-corrected chi connectivity index (χ4v) is 3.86. The molecule has 0 aliphatic carbocycles. The lowest BCUT2D eigenvalue weighted by Crippen LogP contribution is -2.36. The zero-order valence-corrected chi connectivity index (χ0v) is 18.7. The number of hydrogen-bond acceptors (Lipinski definition) is 5. The number of sulfonamides is 1. The number of amides is 1. The normalized spacial score (nSPS) is 12.2. The molecule has 0 radical (unpaired) electrons. The first-order chi connectivity index (χ1) is 13.9. The zero-order chi connectivity index (χ0) is 22.1. The van der Waals surface area contributed by atoms with E-state index in [2.05, 4.69) is 4.98 Å². The second kappa shape index (κ2) is 8.16. The number of aromatic nitrogens is 1. The van der Waals surface area contributed by atoms with Crippen LogP contribution in [0.25, 0.3) is 10.9 Å². The molecule has 0 saturated heterocycles. The molecule has 0 unspecified atom stereocenters. The first-order valence-electron chi connectivity index (χ1n) is 9.59. The molecule has 1 aromatic heterocycles. The van der Waals surface area contributed by atoms with Crippen molar-refractivity contribution in [1.82, 2.24) is 4.98 Å². The fourth-order valence-electron chi connectivity index (χ4n) is 2.96. The van der Waals surface area contributed by atoms with Crippen molar-refractivity contribution in [2.75, 3.05) is 10.6 Å². The molecular formula is C23H26N2O4S. The summed E-state index contributed by atoms with van der Waals surface area (Å²) in [5.41, 5.74) is 2.79. The van der Waals surface area contributed by atoms with Gasteiger partial charge in [-0.2, -0.15) is 0 Å². The van der Waals surface area contributed by atoms with Crippen LogP contribution in [0.2, 0.25) is 0 Å². The van der Waals surface area contributed by atoms with E-state index in [-0.39, 0.29) is 16.9 Å². The summed E-state index contributed by atoms with van der Waals surface area (Å²) in [7, 11) is -3.84. The summed E-state index contributed by atoms with van der Waals surface area (Å²) in [5, 5.41) is 0.759. The van der Waals surface area contributed by atoms with Crippen LogP contribution in [0.15, 0.2) is 54.6 Å². The number of carbonyl (C=O) groups is 1. The summed E-state index contributed by atoms with van der Waals surface area (Å²) in [4.78, 5) is 17.5. The number of nitrogens with zero attached hydrogens (tertiary/aromatic N) is 2. The minimum atomic E-state index is -3.84. The molecule has 0 spiro atoms. The Morgan fingerprint density at radius 2 is 1.70 bits per heavy atom. The van der Waals surface area contributed by atoms with Crippen molar-refractivity contribution in [1.29, 1.82) is 0 Å². The summed E-state index contributed by atoms with van der Waals surface area (Å²) < 4.78 is 31.5. The van der Waals surface area contributed by atoms with E-state index in [9.17, 15) is 13.2 Å². The quantitative estimate of drug-likeness (QED) is 0.602. The lowest BCUT2D eigenvalue weighted by molar-refractivity contribution is -0.0149. The van der Waals surface area contributed by atoms with Gasteiger partial charge in [0.1, 0.15) is 0 Å². The van der Waals surface area contributed by atoms with Crippen LogP contribution in [0.5, 0.6) is 0 Å². The van der Waals surface area contributed by atoms with Crippen LogP contribution in [0.4, 0.5) is 5.69 Å². The standard InChI is InChI=1S/C23H26N2O4S/c1-16-6-9-19-14-20(12-13-21(19)24-16)25(30(5,27)28)22(26)18-10-7-17(8-11-18)15-29-23(2,3)4/h6-14H,15H2,1-5H3. The summed E-state index contributed by atoms with van der Waals surface area (Å²) >= 11 is 0. The van der Waals surface area contributed by atoms with Gasteiger partial charge in [-0.05, 0) is 69.7 Å². The van der Waals surface area contributed by atoms with E-state index in [1.54, 1.807) is 42.5 Å². The van der Waals surface area contributed by atoms with Crippen LogP contribution in [-0.4, -0.2) is 31.2 Å². The minimum absolute atomic E-state index is 0.273. The number of ether oxygens (including phenoxy) is 1. The smallest absolute Gasteiger partial charge is 0.272 e. The highest BCUT2D eigenvalue weighted by atomic mass is 32.2. The lowest BCUT2D eigenvalue weighted by Gasteiger charge is -2.21. The van der Waals surface area contributed by atoms with Crippen LogP contribution in [0, 0.1) is 6.92 Å². The molecule has 0 atom stereocenters. The molecule has 0 aliphatic heterocycles. The molecule has 1 amide bonds. The zero-order valence-electron chi connectivity index (χ0n) is 17.8. The van der Waals surface area contributed by atoms with E-state index < -0.39 is 15.9 Å². The highest BCUT2D eigenvalue weighted by Crippen LogP contribution is 2.25. The van der Waals surface area contributed by atoms with E-state index in [1.165, 1.54) is 0 Å². The third-order valence-electron chi connectivity index (χ3n) is 4.44. The van der Waals surface area contributed by atoms with Crippen LogP contribution < -0.4 is 4.31 Å². The van der Waals surface area contributed by atoms with Gasteiger partial charge in [-0.1, -0.05) is 18.2 Å². The molecule has 7 heteroatoms. The molecular weight excluding hydrogens is 400 g/mol. The topological polar surface area (TPSA) is 76.6 Å². The third kappa shape index (κ3) is 5.23. The minimum Gasteiger partial charge on any atom is -0.371 e. The van der Waals surface area contributed by atoms with Crippen LogP contribution in [0.3, 0.4) is 0 Å². The number of fused-ring (bicyclic) bond motifs is 1. The summed E-state index contributed by atoms with van der Waals surface area (Å²) in [6, 6.07) is 15.5. The fraction of sp³-hybridized carbons (Fsp3) is 0.304. The maximum absolute atomic E-state index is 13.1. The van der Waals surface area contributed by atoms with E-state index in [1.807, 2.05) is 39.8 Å². The Kier molecular flexibility index (Phi) is 5.97. The molecule has 0 saturated carbocycles. The predicted molar refractivity (Wildman–Crippen MR) is 119 cm³/mol. The van der Waals surface area contributed by atoms with Crippen LogP contribution in [-0.2, 0) is 21.4 Å². The maximum Gasteiger partial charge on any atom is 0.272 e. The van der Waals surface area contributed by atoms with E-state index >= 15 is 0 Å². The lowest BCUT2D eigenvalue weighted by atomic mass is 10.1. The van der Waals surface area contributed by atoms with Gasteiger partial charge >= 0.3 is 0 Å². The number of rotatable bonds is 5. The van der Waals surface area contributed by atoms with E-state index in [0.29, 0.717) is 6.61 Å². The highest BCUT2D eigenvalue weighted by Gasteiger charge is 2.27. The van der Waals surface area contributed by atoms with Gasteiger partial charge in [-0.15, -0.1) is 0 Å². The van der Waals surface area contributed by atoms with Gasteiger partial charge < -0.3 is 4.74 Å². The van der Waals surface area contributed by atoms with E-state index in [0.717, 1.165) is 32.7 Å². The predicted octanol–water partition coefficient (Wildman–Crippen LogP) is 4.46. The molecule has 0 N–H and O–H groups in total. The van der Waals surface area contributed by atoms with Crippen LogP contribution >= 0.6 is 0 Å². The Morgan fingerprint density at radius 3 is 2.30 bits per heavy atom. The average Bonchev–Trinajstić information content (AvgIpc) is 2.65.